The van der Waals surface area contributed by atoms with Gasteiger partial charge in [0.1, 0.15) is 0 Å². The number of unbranched alkanes of at least 4 members (excludes halogenated alkanes) is 5. The first kappa shape index (κ1) is 20.7. The standard InChI is InChI=1S/C18H26N2O4S2/c1-2-3-4-5-6-9-14-25(21,22)20-26(23,24)18-13-12-17(19)15-10-7-8-11-16(15)18/h7-8,10-13,20H,2-6,9,14,19H2,1H3. The molecular weight excluding hydrogens is 372 g/mol. The van der Waals surface area contributed by atoms with Crippen molar-refractivity contribution in [2.24, 2.45) is 0 Å². The van der Waals surface area contributed by atoms with Crippen molar-refractivity contribution >= 4 is 36.5 Å². The summed E-state index contributed by atoms with van der Waals surface area (Å²) in [7, 11) is -8.13. The van der Waals surface area contributed by atoms with Gasteiger partial charge in [0, 0.05) is 16.5 Å². The van der Waals surface area contributed by atoms with E-state index in [9.17, 15) is 16.8 Å². The van der Waals surface area contributed by atoms with E-state index < -0.39 is 20.0 Å². The van der Waals surface area contributed by atoms with Crippen LogP contribution >= 0.6 is 0 Å². The van der Waals surface area contributed by atoms with Crippen LogP contribution in [0, 0.1) is 0 Å². The van der Waals surface area contributed by atoms with E-state index in [1.807, 2.05) is 4.13 Å². The van der Waals surface area contributed by atoms with Gasteiger partial charge in [-0.25, -0.2) is 16.8 Å². The molecule has 0 spiro atoms. The first-order valence-corrected chi connectivity index (χ1v) is 11.9. The van der Waals surface area contributed by atoms with E-state index in [1.165, 1.54) is 12.1 Å². The molecular formula is C18H26N2O4S2. The normalized spacial score (nSPS) is 12.5. The van der Waals surface area contributed by atoms with Crippen LogP contribution in [0.1, 0.15) is 45.4 Å². The van der Waals surface area contributed by atoms with Gasteiger partial charge in [0.15, 0.2) is 0 Å². The molecule has 0 aliphatic rings. The molecule has 3 N–H and O–H groups in total. The summed E-state index contributed by atoms with van der Waals surface area (Å²) in [6.45, 7) is 2.11. The Bertz CT molecular complexity index is 954. The number of hydrogen-bond acceptors (Lipinski definition) is 5. The van der Waals surface area contributed by atoms with Crippen molar-refractivity contribution in [3.8, 4) is 0 Å². The van der Waals surface area contributed by atoms with Gasteiger partial charge in [-0.2, -0.15) is 0 Å². The van der Waals surface area contributed by atoms with Crippen molar-refractivity contribution in [2.45, 2.75) is 50.3 Å². The van der Waals surface area contributed by atoms with Crippen LogP contribution in [0.15, 0.2) is 41.3 Å². The molecule has 8 heteroatoms. The lowest BCUT2D eigenvalue weighted by molar-refractivity contribution is 0.571. The zero-order chi connectivity index (χ0) is 19.2. The summed E-state index contributed by atoms with van der Waals surface area (Å²) in [6.07, 6.45) is 5.48. The smallest absolute Gasteiger partial charge is 0.254 e. The van der Waals surface area contributed by atoms with Crippen molar-refractivity contribution in [3.63, 3.8) is 0 Å². The molecule has 6 nitrogen and oxygen atoms in total. The fraction of sp³-hybridized carbons (Fsp3) is 0.444. The number of nitrogens with two attached hydrogens (primary N) is 1. The van der Waals surface area contributed by atoms with E-state index in [1.54, 1.807) is 24.3 Å². The zero-order valence-electron chi connectivity index (χ0n) is 14.9. The summed E-state index contributed by atoms with van der Waals surface area (Å²) >= 11 is 0. The highest BCUT2D eigenvalue weighted by Crippen LogP contribution is 2.27. The lowest BCUT2D eigenvalue weighted by Crippen LogP contribution is -2.32. The number of sulfonamides is 2. The Labute approximate surface area is 155 Å². The lowest BCUT2D eigenvalue weighted by atomic mass is 10.1. The largest absolute Gasteiger partial charge is 0.398 e. The molecule has 0 saturated carbocycles. The molecule has 0 saturated heterocycles. The lowest BCUT2D eigenvalue weighted by Gasteiger charge is -2.11. The summed E-state index contributed by atoms with van der Waals surface area (Å²) < 4.78 is 51.5. The van der Waals surface area contributed by atoms with Gasteiger partial charge in [-0.1, -0.05) is 63.3 Å². The van der Waals surface area contributed by atoms with Gasteiger partial charge in [-0.05, 0) is 18.6 Å². The van der Waals surface area contributed by atoms with Gasteiger partial charge >= 0.3 is 0 Å². The molecule has 0 unspecified atom stereocenters. The van der Waals surface area contributed by atoms with Crippen molar-refractivity contribution in [3.05, 3.63) is 36.4 Å². The topological polar surface area (TPSA) is 106 Å². The van der Waals surface area contributed by atoms with Crippen molar-refractivity contribution in [1.82, 2.24) is 4.13 Å². The van der Waals surface area contributed by atoms with Gasteiger partial charge in [-0.15, -0.1) is 4.13 Å². The Morgan fingerprint density at radius 1 is 0.846 bits per heavy atom. The Morgan fingerprint density at radius 3 is 2.15 bits per heavy atom. The van der Waals surface area contributed by atoms with Crippen molar-refractivity contribution < 1.29 is 16.8 Å². The Balaban J connectivity index is 2.12. The fourth-order valence-corrected chi connectivity index (χ4v) is 6.18. The Hall–Kier alpha value is -1.64. The van der Waals surface area contributed by atoms with Gasteiger partial charge in [-0.3, -0.25) is 0 Å². The first-order chi connectivity index (χ1) is 12.3. The predicted molar refractivity (Wildman–Crippen MR) is 106 cm³/mol. The maximum atomic E-state index is 12.6. The second kappa shape index (κ2) is 8.83. The molecule has 0 fully saturated rings. The number of rotatable bonds is 10. The van der Waals surface area contributed by atoms with Crippen molar-refractivity contribution in [2.75, 3.05) is 11.5 Å². The molecule has 0 aliphatic carbocycles. The maximum absolute atomic E-state index is 12.6. The third kappa shape index (κ3) is 5.43. The molecule has 0 radical (unpaired) electrons. The molecule has 0 aromatic heterocycles. The second-order valence-electron chi connectivity index (χ2n) is 6.37. The highest BCUT2D eigenvalue weighted by Gasteiger charge is 2.24. The first-order valence-electron chi connectivity index (χ1n) is 8.80. The molecule has 26 heavy (non-hydrogen) atoms. The molecule has 144 valence electrons. The minimum absolute atomic E-state index is 0.0891. The third-order valence-corrected chi connectivity index (χ3v) is 7.87. The van der Waals surface area contributed by atoms with E-state index in [0.29, 0.717) is 22.9 Å². The van der Waals surface area contributed by atoms with Crippen LogP contribution < -0.4 is 9.86 Å². The van der Waals surface area contributed by atoms with Crippen LogP contribution in [0.5, 0.6) is 0 Å². The SMILES string of the molecule is CCCCCCCCS(=O)(=O)NS(=O)(=O)c1ccc(N)c2ccccc12. The van der Waals surface area contributed by atoms with Gasteiger partial charge < -0.3 is 5.73 Å². The van der Waals surface area contributed by atoms with E-state index in [2.05, 4.69) is 6.92 Å². The van der Waals surface area contributed by atoms with Crippen LogP contribution in [0.25, 0.3) is 10.8 Å². The molecule has 0 aliphatic heterocycles. The number of nitrogen functional groups attached to an aromatic ring is 1. The van der Waals surface area contributed by atoms with Crippen LogP contribution in [0.4, 0.5) is 5.69 Å². The van der Waals surface area contributed by atoms with E-state index in [4.69, 9.17) is 5.73 Å². The van der Waals surface area contributed by atoms with E-state index >= 15 is 0 Å². The Kier molecular flexibility index (Phi) is 7.02. The monoisotopic (exact) mass is 398 g/mol. The van der Waals surface area contributed by atoms with Gasteiger partial charge in [0.25, 0.3) is 10.0 Å². The van der Waals surface area contributed by atoms with Crippen LogP contribution in [0.3, 0.4) is 0 Å². The number of nitrogens with one attached hydrogen (secondary N) is 1. The summed E-state index contributed by atoms with van der Waals surface area (Å²) in [6, 6.07) is 9.55. The highest BCUT2D eigenvalue weighted by atomic mass is 32.3. The fourth-order valence-electron chi connectivity index (χ4n) is 2.86. The number of hydrogen-bond donors (Lipinski definition) is 2. The number of benzene rings is 2. The summed E-state index contributed by atoms with van der Waals surface area (Å²) in [5, 5.41) is 0.971. The summed E-state index contributed by atoms with van der Waals surface area (Å²) in [4.78, 5) is -0.0891. The molecule has 0 heterocycles. The average molecular weight is 399 g/mol. The third-order valence-electron chi connectivity index (χ3n) is 4.21. The van der Waals surface area contributed by atoms with Gasteiger partial charge in [0.2, 0.25) is 10.0 Å². The maximum Gasteiger partial charge on any atom is 0.254 e. The minimum Gasteiger partial charge on any atom is -0.398 e. The molecule has 2 aromatic carbocycles. The summed E-state index contributed by atoms with van der Waals surface area (Å²) in [5.41, 5.74) is 6.32. The highest BCUT2D eigenvalue weighted by molar-refractivity contribution is 8.04. The van der Waals surface area contributed by atoms with E-state index in [0.717, 1.165) is 32.1 Å². The van der Waals surface area contributed by atoms with Gasteiger partial charge in [0.05, 0.1) is 10.6 Å². The van der Waals surface area contributed by atoms with Crippen LogP contribution in [-0.2, 0) is 20.0 Å². The molecule has 2 aromatic rings. The molecule has 0 amide bonds. The summed E-state index contributed by atoms with van der Waals surface area (Å²) in [5.74, 6) is -0.203. The minimum atomic E-state index is -4.21. The molecule has 0 atom stereocenters. The van der Waals surface area contributed by atoms with Crippen LogP contribution in [0.2, 0.25) is 0 Å². The second-order valence-corrected chi connectivity index (χ2v) is 10.1. The molecule has 2 rings (SSSR count). The zero-order valence-corrected chi connectivity index (χ0v) is 16.6. The number of fused-ring (bicyclic) bond motifs is 1. The Morgan fingerprint density at radius 2 is 1.46 bits per heavy atom. The van der Waals surface area contributed by atoms with Crippen LogP contribution in [-0.4, -0.2) is 22.6 Å². The van der Waals surface area contributed by atoms with E-state index in [-0.39, 0.29) is 10.6 Å². The molecule has 0 bridgehead atoms. The van der Waals surface area contributed by atoms with Crippen molar-refractivity contribution in [1.29, 1.82) is 0 Å². The quantitative estimate of drug-likeness (QED) is 0.471. The average Bonchev–Trinajstić information content (AvgIpc) is 2.57. The predicted octanol–water partition coefficient (Wildman–Crippen LogP) is 3.39. The number of anilines is 1.